The Morgan fingerprint density at radius 2 is 2.04 bits per heavy atom. The maximum Gasteiger partial charge on any atom is 0.167 e. The fraction of sp³-hybridized carbons (Fsp3) is 0.389. The van der Waals surface area contributed by atoms with Gasteiger partial charge in [-0.25, -0.2) is 15.0 Å². The summed E-state index contributed by atoms with van der Waals surface area (Å²) in [6.07, 6.45) is 0.0648. The summed E-state index contributed by atoms with van der Waals surface area (Å²) in [4.78, 5) is 13.0. The molecule has 0 amide bonds. The van der Waals surface area contributed by atoms with Gasteiger partial charge in [-0.05, 0) is 5.56 Å². The molecule has 9 nitrogen and oxygen atoms in total. The van der Waals surface area contributed by atoms with Crippen molar-refractivity contribution in [3.8, 4) is 0 Å². The van der Waals surface area contributed by atoms with Crippen molar-refractivity contribution in [3.05, 3.63) is 48.5 Å². The summed E-state index contributed by atoms with van der Waals surface area (Å²) in [5.74, 6) is 0.605. The van der Waals surface area contributed by atoms with Gasteiger partial charge in [0.05, 0.1) is 12.9 Å². The molecule has 1 saturated heterocycles. The molecule has 3 heterocycles. The Morgan fingerprint density at radius 3 is 2.78 bits per heavy atom. The molecule has 1 aromatic carbocycles. The van der Waals surface area contributed by atoms with Gasteiger partial charge in [-0.1, -0.05) is 30.3 Å². The van der Waals surface area contributed by atoms with Crippen molar-refractivity contribution >= 4 is 17.0 Å². The van der Waals surface area contributed by atoms with E-state index in [2.05, 4.69) is 20.3 Å². The van der Waals surface area contributed by atoms with E-state index in [0.717, 1.165) is 5.56 Å². The van der Waals surface area contributed by atoms with Crippen molar-refractivity contribution < 1.29 is 19.7 Å². The Kier molecular flexibility index (Phi) is 4.99. The molecule has 2 aromatic heterocycles. The second kappa shape index (κ2) is 7.57. The van der Waals surface area contributed by atoms with Gasteiger partial charge in [0.2, 0.25) is 0 Å². The highest BCUT2D eigenvalue weighted by Crippen LogP contribution is 2.33. The quantitative estimate of drug-likeness (QED) is 0.580. The highest BCUT2D eigenvalue weighted by atomic mass is 16.6. The predicted octanol–water partition coefficient (Wildman–Crippen LogP) is 0.704. The van der Waals surface area contributed by atoms with E-state index < -0.39 is 24.5 Å². The van der Waals surface area contributed by atoms with E-state index in [1.165, 1.54) is 13.4 Å². The number of ether oxygens (including phenoxy) is 2. The molecule has 1 aliphatic heterocycles. The maximum atomic E-state index is 10.3. The van der Waals surface area contributed by atoms with Crippen LogP contribution in [0.15, 0.2) is 43.0 Å². The molecule has 9 heteroatoms. The van der Waals surface area contributed by atoms with Gasteiger partial charge in [-0.2, -0.15) is 0 Å². The molecule has 0 bridgehead atoms. The molecule has 1 aliphatic rings. The molecule has 0 aliphatic carbocycles. The monoisotopic (exact) mass is 371 g/mol. The van der Waals surface area contributed by atoms with E-state index in [9.17, 15) is 10.2 Å². The maximum absolute atomic E-state index is 10.3. The zero-order chi connectivity index (χ0) is 18.8. The van der Waals surface area contributed by atoms with E-state index in [1.807, 2.05) is 30.3 Å². The van der Waals surface area contributed by atoms with Crippen molar-refractivity contribution in [1.29, 1.82) is 0 Å². The molecule has 0 saturated carbocycles. The molecule has 0 unspecified atom stereocenters. The van der Waals surface area contributed by atoms with Crippen LogP contribution in [0.5, 0.6) is 0 Å². The van der Waals surface area contributed by atoms with Crippen molar-refractivity contribution in [1.82, 2.24) is 19.5 Å². The summed E-state index contributed by atoms with van der Waals surface area (Å²) in [6.45, 7) is 0.300. The third-order valence-electron chi connectivity index (χ3n) is 4.70. The van der Waals surface area contributed by atoms with Crippen LogP contribution in [0, 0.1) is 0 Å². The highest BCUT2D eigenvalue weighted by molar-refractivity contribution is 5.82. The van der Waals surface area contributed by atoms with Gasteiger partial charge < -0.3 is 25.0 Å². The molecule has 4 rings (SSSR count). The molecule has 1 fully saturated rings. The first kappa shape index (κ1) is 17.8. The SMILES string of the molecule is CO[C@@H]1[C@H](O)[C@@H](CO)O[C@H]1n1cnc2c(NCc3ccccc3)ncnc21. The number of hydrogen-bond acceptors (Lipinski definition) is 8. The number of fused-ring (bicyclic) bond motifs is 1. The summed E-state index contributed by atoms with van der Waals surface area (Å²) >= 11 is 0. The molecular weight excluding hydrogens is 350 g/mol. The number of nitrogens with zero attached hydrogens (tertiary/aromatic N) is 4. The van der Waals surface area contributed by atoms with E-state index in [4.69, 9.17) is 9.47 Å². The molecular formula is C18H21N5O4. The standard InChI is InChI=1S/C18H21N5O4/c1-26-15-14(25)12(8-24)27-18(15)23-10-22-13-16(20-9-21-17(13)23)19-7-11-5-3-2-4-6-11/h2-6,9-10,12,14-15,18,24-25H,7-8H2,1H3,(H,19,20,21)/t12-,14-,15-,18-/m1/s1. The van der Waals surface area contributed by atoms with Gasteiger partial charge in [0.1, 0.15) is 24.6 Å². The zero-order valence-corrected chi connectivity index (χ0v) is 14.8. The third-order valence-corrected chi connectivity index (χ3v) is 4.70. The van der Waals surface area contributed by atoms with Crippen LogP contribution in [0.2, 0.25) is 0 Å². The van der Waals surface area contributed by atoms with Gasteiger partial charge in [0, 0.05) is 13.7 Å². The largest absolute Gasteiger partial charge is 0.394 e. The van der Waals surface area contributed by atoms with Crippen LogP contribution in [0.3, 0.4) is 0 Å². The topological polar surface area (TPSA) is 115 Å². The Hall–Kier alpha value is -2.59. The number of anilines is 1. The predicted molar refractivity (Wildman–Crippen MR) is 96.9 cm³/mol. The lowest BCUT2D eigenvalue weighted by Crippen LogP contribution is -2.34. The number of nitrogens with one attached hydrogen (secondary N) is 1. The first-order valence-electron chi connectivity index (χ1n) is 8.65. The van der Waals surface area contributed by atoms with Gasteiger partial charge >= 0.3 is 0 Å². The lowest BCUT2D eigenvalue weighted by molar-refractivity contribution is -0.0583. The lowest BCUT2D eigenvalue weighted by Gasteiger charge is -2.19. The highest BCUT2D eigenvalue weighted by Gasteiger charge is 2.45. The molecule has 27 heavy (non-hydrogen) atoms. The number of benzene rings is 1. The van der Waals surface area contributed by atoms with Gasteiger partial charge in [0.15, 0.2) is 23.2 Å². The summed E-state index contributed by atoms with van der Waals surface area (Å²) in [7, 11) is 1.49. The minimum Gasteiger partial charge on any atom is -0.394 e. The molecule has 142 valence electrons. The van der Waals surface area contributed by atoms with Crippen LogP contribution in [-0.4, -0.2) is 61.8 Å². The number of rotatable bonds is 6. The van der Waals surface area contributed by atoms with Crippen LogP contribution in [0.4, 0.5) is 5.82 Å². The molecule has 3 aromatic rings. The van der Waals surface area contributed by atoms with Crippen LogP contribution in [-0.2, 0) is 16.0 Å². The average Bonchev–Trinajstić information content (AvgIpc) is 3.27. The van der Waals surface area contributed by atoms with Gasteiger partial charge in [-0.3, -0.25) is 4.57 Å². The van der Waals surface area contributed by atoms with E-state index in [-0.39, 0.29) is 6.61 Å². The molecule has 4 atom stereocenters. The average molecular weight is 371 g/mol. The van der Waals surface area contributed by atoms with Crippen LogP contribution in [0.1, 0.15) is 11.8 Å². The normalized spacial score (nSPS) is 25.1. The first-order valence-corrected chi connectivity index (χ1v) is 8.65. The Morgan fingerprint density at radius 1 is 1.22 bits per heavy atom. The smallest absolute Gasteiger partial charge is 0.167 e. The summed E-state index contributed by atoms with van der Waals surface area (Å²) in [5.41, 5.74) is 2.27. The first-order chi connectivity index (χ1) is 13.2. The summed E-state index contributed by atoms with van der Waals surface area (Å²) in [5, 5.41) is 22.9. The zero-order valence-electron chi connectivity index (χ0n) is 14.8. The summed E-state index contributed by atoms with van der Waals surface area (Å²) < 4.78 is 12.8. The Balaban J connectivity index is 1.62. The van der Waals surface area contributed by atoms with Crippen molar-refractivity contribution in [2.75, 3.05) is 19.0 Å². The second-order valence-corrected chi connectivity index (χ2v) is 6.32. The van der Waals surface area contributed by atoms with Crippen LogP contribution in [0.25, 0.3) is 11.2 Å². The second-order valence-electron chi connectivity index (χ2n) is 6.32. The number of hydrogen-bond donors (Lipinski definition) is 3. The fourth-order valence-corrected chi connectivity index (χ4v) is 3.30. The fourth-order valence-electron chi connectivity index (χ4n) is 3.30. The van der Waals surface area contributed by atoms with E-state index >= 15 is 0 Å². The van der Waals surface area contributed by atoms with Gasteiger partial charge in [-0.15, -0.1) is 0 Å². The van der Waals surface area contributed by atoms with Crippen LogP contribution >= 0.6 is 0 Å². The molecule has 3 N–H and O–H groups in total. The lowest BCUT2D eigenvalue weighted by atomic mass is 10.1. The minimum absolute atomic E-state index is 0.303. The number of aliphatic hydroxyl groups excluding tert-OH is 2. The van der Waals surface area contributed by atoms with Crippen molar-refractivity contribution in [2.24, 2.45) is 0 Å². The summed E-state index contributed by atoms with van der Waals surface area (Å²) in [6, 6.07) is 9.97. The van der Waals surface area contributed by atoms with Crippen molar-refractivity contribution in [3.63, 3.8) is 0 Å². The number of methoxy groups -OCH3 is 1. The van der Waals surface area contributed by atoms with Crippen molar-refractivity contribution in [2.45, 2.75) is 31.1 Å². The Labute approximate surface area is 155 Å². The third kappa shape index (κ3) is 3.26. The minimum atomic E-state index is -0.944. The molecule has 0 spiro atoms. The van der Waals surface area contributed by atoms with E-state index in [0.29, 0.717) is 23.5 Å². The van der Waals surface area contributed by atoms with E-state index in [1.54, 1.807) is 10.9 Å². The molecule has 0 radical (unpaired) electrons. The number of imidazole rings is 1. The van der Waals surface area contributed by atoms with Crippen LogP contribution < -0.4 is 5.32 Å². The number of aliphatic hydroxyl groups is 2. The Bertz CT molecular complexity index is 903. The number of aromatic nitrogens is 4. The van der Waals surface area contributed by atoms with Gasteiger partial charge in [0.25, 0.3) is 0 Å².